The summed E-state index contributed by atoms with van der Waals surface area (Å²) in [6.07, 6.45) is 1.38. The second-order valence-corrected chi connectivity index (χ2v) is 6.12. The van der Waals surface area contributed by atoms with Crippen LogP contribution in [-0.4, -0.2) is 49.1 Å². The molecule has 0 aliphatic carbocycles. The van der Waals surface area contributed by atoms with Crippen molar-refractivity contribution in [2.45, 2.75) is 52.6 Å². The number of hydrogen-bond acceptors (Lipinski definition) is 3. The quantitative estimate of drug-likeness (QED) is 0.763. The van der Waals surface area contributed by atoms with Gasteiger partial charge in [-0.3, -0.25) is 9.59 Å². The minimum Gasteiger partial charge on any atom is -0.385 e. The molecule has 1 aliphatic heterocycles. The lowest BCUT2D eigenvalue weighted by atomic mass is 9.83. The van der Waals surface area contributed by atoms with E-state index in [0.717, 1.165) is 6.42 Å². The Morgan fingerprint density at radius 2 is 1.95 bits per heavy atom. The van der Waals surface area contributed by atoms with E-state index in [4.69, 9.17) is 4.74 Å². The highest BCUT2D eigenvalue weighted by atomic mass is 16.5. The van der Waals surface area contributed by atoms with E-state index in [1.165, 1.54) is 0 Å². The molecule has 0 spiro atoms. The Kier molecular flexibility index (Phi) is 5.35. The van der Waals surface area contributed by atoms with E-state index in [9.17, 15) is 9.59 Å². The Balaban J connectivity index is 2.91. The topological polar surface area (TPSA) is 58.6 Å². The lowest BCUT2D eigenvalue weighted by molar-refractivity contribution is -0.154. The molecular weight excluding hydrogens is 244 g/mol. The summed E-state index contributed by atoms with van der Waals surface area (Å²) in [7, 11) is 1.64. The molecule has 1 fully saturated rings. The molecule has 0 aromatic heterocycles. The number of methoxy groups -OCH3 is 1. The van der Waals surface area contributed by atoms with Crippen LogP contribution < -0.4 is 5.32 Å². The number of hydrogen-bond donors (Lipinski definition) is 1. The number of ether oxygens (including phenoxy) is 1. The normalized spacial score (nSPS) is 24.6. The molecule has 110 valence electrons. The molecule has 1 aliphatic rings. The summed E-state index contributed by atoms with van der Waals surface area (Å²) in [5.74, 6) is -0.0190. The van der Waals surface area contributed by atoms with Gasteiger partial charge in [-0.05, 0) is 18.3 Å². The zero-order chi connectivity index (χ0) is 14.6. The van der Waals surface area contributed by atoms with Crippen LogP contribution in [0, 0.1) is 5.41 Å². The van der Waals surface area contributed by atoms with Crippen molar-refractivity contribution in [3.63, 3.8) is 0 Å². The summed E-state index contributed by atoms with van der Waals surface area (Å²) >= 11 is 0. The van der Waals surface area contributed by atoms with E-state index in [2.05, 4.69) is 5.32 Å². The van der Waals surface area contributed by atoms with Gasteiger partial charge < -0.3 is 15.0 Å². The first-order valence-corrected chi connectivity index (χ1v) is 6.92. The molecule has 0 radical (unpaired) electrons. The van der Waals surface area contributed by atoms with Crippen LogP contribution in [0.3, 0.4) is 0 Å². The van der Waals surface area contributed by atoms with Crippen LogP contribution in [0.1, 0.15) is 40.5 Å². The minimum absolute atomic E-state index is 0.0260. The molecule has 0 saturated carbocycles. The molecular formula is C14H26N2O3. The van der Waals surface area contributed by atoms with Gasteiger partial charge in [-0.25, -0.2) is 0 Å². The van der Waals surface area contributed by atoms with Crippen LogP contribution in [0.2, 0.25) is 0 Å². The highest BCUT2D eigenvalue weighted by Crippen LogP contribution is 2.28. The number of piperazine rings is 1. The van der Waals surface area contributed by atoms with Gasteiger partial charge in [0.25, 0.3) is 0 Å². The van der Waals surface area contributed by atoms with Crippen LogP contribution in [0.15, 0.2) is 0 Å². The van der Waals surface area contributed by atoms with Gasteiger partial charge in [-0.2, -0.15) is 0 Å². The van der Waals surface area contributed by atoms with Crippen molar-refractivity contribution in [2.24, 2.45) is 5.41 Å². The van der Waals surface area contributed by atoms with Crippen LogP contribution in [-0.2, 0) is 14.3 Å². The van der Waals surface area contributed by atoms with Crippen molar-refractivity contribution in [2.75, 3.05) is 20.3 Å². The first-order valence-electron chi connectivity index (χ1n) is 6.92. The van der Waals surface area contributed by atoms with Gasteiger partial charge in [0.1, 0.15) is 12.1 Å². The fraction of sp³-hybridized carbons (Fsp3) is 0.857. The van der Waals surface area contributed by atoms with Crippen molar-refractivity contribution in [3.05, 3.63) is 0 Å². The number of carbonyl (C=O) groups excluding carboxylic acids is 2. The van der Waals surface area contributed by atoms with E-state index in [1.54, 1.807) is 12.0 Å². The average Bonchev–Trinajstić information content (AvgIpc) is 2.31. The molecule has 1 rings (SSSR count). The van der Waals surface area contributed by atoms with E-state index >= 15 is 0 Å². The van der Waals surface area contributed by atoms with E-state index in [-0.39, 0.29) is 23.3 Å². The first kappa shape index (κ1) is 16.0. The molecule has 0 bridgehead atoms. The smallest absolute Gasteiger partial charge is 0.245 e. The molecule has 2 unspecified atom stereocenters. The Morgan fingerprint density at radius 3 is 2.42 bits per heavy atom. The summed E-state index contributed by atoms with van der Waals surface area (Å²) in [4.78, 5) is 26.4. The monoisotopic (exact) mass is 270 g/mol. The van der Waals surface area contributed by atoms with Crippen LogP contribution in [0.5, 0.6) is 0 Å². The van der Waals surface area contributed by atoms with Crippen molar-refractivity contribution >= 4 is 11.8 Å². The third-order valence-corrected chi connectivity index (χ3v) is 3.43. The summed E-state index contributed by atoms with van der Waals surface area (Å²) < 4.78 is 5.03. The third kappa shape index (κ3) is 3.69. The summed E-state index contributed by atoms with van der Waals surface area (Å²) in [5.41, 5.74) is -0.272. The standard InChI is InChI=1S/C14H26N2O3/c1-6-10-13(18)16(8-7-9-19-5)11(12(17)15-10)14(2,3)4/h10-11H,6-9H2,1-5H3,(H,15,17). The fourth-order valence-electron chi connectivity index (χ4n) is 2.54. The Labute approximate surface area is 115 Å². The Hall–Kier alpha value is -1.10. The lowest BCUT2D eigenvalue weighted by Gasteiger charge is -2.44. The highest BCUT2D eigenvalue weighted by molar-refractivity contribution is 5.97. The van der Waals surface area contributed by atoms with Gasteiger partial charge in [0.2, 0.25) is 11.8 Å². The van der Waals surface area contributed by atoms with Crippen molar-refractivity contribution in [1.82, 2.24) is 10.2 Å². The minimum atomic E-state index is -0.403. The van der Waals surface area contributed by atoms with Gasteiger partial charge in [0.15, 0.2) is 0 Å². The maximum absolute atomic E-state index is 12.4. The van der Waals surface area contributed by atoms with Gasteiger partial charge in [0, 0.05) is 20.3 Å². The molecule has 0 aromatic rings. The number of amides is 2. The maximum Gasteiger partial charge on any atom is 0.245 e. The second-order valence-electron chi connectivity index (χ2n) is 6.12. The van der Waals surface area contributed by atoms with Crippen molar-refractivity contribution in [1.29, 1.82) is 0 Å². The predicted octanol–water partition coefficient (Wildman–Crippen LogP) is 1.17. The number of rotatable bonds is 5. The first-order chi connectivity index (χ1) is 8.82. The molecule has 5 nitrogen and oxygen atoms in total. The molecule has 5 heteroatoms. The summed E-state index contributed by atoms with van der Waals surface area (Å²) in [6, 6.07) is -0.784. The molecule has 1 N–H and O–H groups in total. The van der Waals surface area contributed by atoms with E-state index in [0.29, 0.717) is 19.6 Å². The van der Waals surface area contributed by atoms with Gasteiger partial charge in [0.05, 0.1) is 0 Å². The largest absolute Gasteiger partial charge is 0.385 e. The molecule has 2 atom stereocenters. The number of carbonyl (C=O) groups is 2. The highest BCUT2D eigenvalue weighted by Gasteiger charge is 2.45. The zero-order valence-electron chi connectivity index (χ0n) is 12.7. The van der Waals surface area contributed by atoms with Gasteiger partial charge in [-0.15, -0.1) is 0 Å². The number of nitrogens with zero attached hydrogens (tertiary/aromatic N) is 1. The lowest BCUT2D eigenvalue weighted by Crippen LogP contribution is -2.66. The fourth-order valence-corrected chi connectivity index (χ4v) is 2.54. The van der Waals surface area contributed by atoms with E-state index in [1.807, 2.05) is 27.7 Å². The van der Waals surface area contributed by atoms with Crippen molar-refractivity contribution in [3.8, 4) is 0 Å². The Bertz CT molecular complexity index is 336. The number of nitrogens with one attached hydrogen (secondary N) is 1. The molecule has 2 amide bonds. The van der Waals surface area contributed by atoms with Gasteiger partial charge in [-0.1, -0.05) is 27.7 Å². The average molecular weight is 270 g/mol. The Morgan fingerprint density at radius 1 is 1.32 bits per heavy atom. The predicted molar refractivity (Wildman–Crippen MR) is 73.7 cm³/mol. The van der Waals surface area contributed by atoms with Crippen LogP contribution >= 0.6 is 0 Å². The summed E-state index contributed by atoms with van der Waals surface area (Å²) in [6.45, 7) is 9.03. The molecule has 19 heavy (non-hydrogen) atoms. The molecule has 1 saturated heterocycles. The van der Waals surface area contributed by atoms with E-state index < -0.39 is 6.04 Å². The summed E-state index contributed by atoms with van der Waals surface area (Å²) in [5, 5.41) is 2.83. The van der Waals surface area contributed by atoms with Crippen molar-refractivity contribution < 1.29 is 14.3 Å². The SMILES string of the molecule is CCC1NC(=O)C(C(C)(C)C)N(CCCOC)C1=O. The second kappa shape index (κ2) is 6.37. The van der Waals surface area contributed by atoms with Crippen LogP contribution in [0.25, 0.3) is 0 Å². The third-order valence-electron chi connectivity index (χ3n) is 3.43. The van der Waals surface area contributed by atoms with Gasteiger partial charge >= 0.3 is 0 Å². The van der Waals surface area contributed by atoms with Crippen LogP contribution in [0.4, 0.5) is 0 Å². The molecule has 0 aromatic carbocycles. The molecule has 1 heterocycles. The zero-order valence-corrected chi connectivity index (χ0v) is 12.7. The maximum atomic E-state index is 12.4.